The van der Waals surface area contributed by atoms with E-state index in [-0.39, 0.29) is 35.8 Å². The van der Waals surface area contributed by atoms with Gasteiger partial charge in [0, 0.05) is 36.3 Å². The Kier molecular flexibility index (Phi) is 8.48. The molecule has 0 saturated carbocycles. The van der Waals surface area contributed by atoms with Crippen LogP contribution in [-0.2, 0) is 0 Å². The molecule has 1 aliphatic heterocycles. The summed E-state index contributed by atoms with van der Waals surface area (Å²) in [5.41, 5.74) is 2.66. The minimum atomic E-state index is -1.02. The topological polar surface area (TPSA) is 78.9 Å². The SMILES string of the molecule is CC(NC[C@H]1CN(C(=O)Oc2ccc(C(=O)O)cc2)C[C@@H]1c1ccccc1)c1csc2ccccc12.Cl. The molecule has 0 spiro atoms. The first-order valence-corrected chi connectivity index (χ1v) is 12.9. The molecule has 0 bridgehead atoms. The fraction of sp³-hybridized carbons (Fsp3) is 0.241. The summed E-state index contributed by atoms with van der Waals surface area (Å²) in [4.78, 5) is 25.8. The maximum Gasteiger partial charge on any atom is 0.415 e. The van der Waals surface area contributed by atoms with E-state index < -0.39 is 12.1 Å². The molecule has 192 valence electrons. The summed E-state index contributed by atoms with van der Waals surface area (Å²) in [6.45, 7) is 4.10. The molecule has 2 N–H and O–H groups in total. The van der Waals surface area contributed by atoms with Crippen LogP contribution in [0.5, 0.6) is 5.75 Å². The number of carboxylic acids is 1. The minimum absolute atomic E-state index is 0. The summed E-state index contributed by atoms with van der Waals surface area (Å²) in [6, 6.07) is 24.8. The fourth-order valence-electron chi connectivity index (χ4n) is 4.91. The molecule has 4 aromatic rings. The summed E-state index contributed by atoms with van der Waals surface area (Å²) in [6.07, 6.45) is -0.418. The van der Waals surface area contributed by atoms with E-state index in [0.717, 1.165) is 6.54 Å². The van der Waals surface area contributed by atoms with Crippen LogP contribution >= 0.6 is 23.7 Å². The van der Waals surface area contributed by atoms with E-state index in [4.69, 9.17) is 9.84 Å². The molecule has 6 nitrogen and oxygen atoms in total. The Hall–Kier alpha value is -3.39. The third kappa shape index (κ3) is 5.96. The molecule has 5 rings (SSSR count). The summed E-state index contributed by atoms with van der Waals surface area (Å²) in [5, 5.41) is 16.3. The zero-order valence-electron chi connectivity index (χ0n) is 20.4. The number of halogens is 1. The molecule has 1 aliphatic rings. The van der Waals surface area contributed by atoms with E-state index in [1.165, 1.54) is 45.5 Å². The number of benzene rings is 3. The van der Waals surface area contributed by atoms with Crippen molar-refractivity contribution in [3.8, 4) is 5.75 Å². The number of carbonyl (C=O) groups is 2. The largest absolute Gasteiger partial charge is 0.478 e. The minimum Gasteiger partial charge on any atom is -0.478 e. The Labute approximate surface area is 226 Å². The van der Waals surface area contributed by atoms with Crippen LogP contribution in [0.2, 0.25) is 0 Å². The summed E-state index contributed by atoms with van der Waals surface area (Å²) < 4.78 is 6.86. The van der Waals surface area contributed by atoms with Gasteiger partial charge >= 0.3 is 12.1 Å². The second-order valence-corrected chi connectivity index (χ2v) is 10.1. The molecular formula is C29H29ClN2O4S. The van der Waals surface area contributed by atoms with E-state index in [2.05, 4.69) is 54.0 Å². The number of hydrogen-bond acceptors (Lipinski definition) is 5. The predicted molar refractivity (Wildman–Crippen MR) is 149 cm³/mol. The van der Waals surface area contributed by atoms with Crippen molar-refractivity contribution in [1.82, 2.24) is 10.2 Å². The van der Waals surface area contributed by atoms with Crippen molar-refractivity contribution < 1.29 is 19.4 Å². The van der Waals surface area contributed by atoms with Crippen LogP contribution in [0.4, 0.5) is 4.79 Å². The first kappa shape index (κ1) is 26.7. The summed E-state index contributed by atoms with van der Waals surface area (Å²) >= 11 is 1.76. The molecule has 1 saturated heterocycles. The third-order valence-corrected chi connectivity index (χ3v) is 7.88. The number of hydrogen-bond donors (Lipinski definition) is 2. The van der Waals surface area contributed by atoms with Crippen molar-refractivity contribution in [2.45, 2.75) is 18.9 Å². The third-order valence-electron chi connectivity index (χ3n) is 6.90. The molecule has 3 aromatic carbocycles. The Morgan fingerprint density at radius 2 is 1.73 bits per heavy atom. The van der Waals surface area contributed by atoms with Gasteiger partial charge in [0.2, 0.25) is 0 Å². The van der Waals surface area contributed by atoms with Crippen LogP contribution in [-0.4, -0.2) is 41.7 Å². The first-order chi connectivity index (χ1) is 17.5. The highest BCUT2D eigenvalue weighted by Gasteiger charge is 2.37. The van der Waals surface area contributed by atoms with Gasteiger partial charge in [0.25, 0.3) is 0 Å². The number of likely N-dealkylation sites (tertiary alicyclic amines) is 1. The molecule has 1 fully saturated rings. The van der Waals surface area contributed by atoms with Crippen molar-refractivity contribution in [3.05, 3.63) is 101 Å². The second-order valence-electron chi connectivity index (χ2n) is 9.20. The lowest BCUT2D eigenvalue weighted by Crippen LogP contribution is -2.33. The first-order valence-electron chi connectivity index (χ1n) is 12.0. The van der Waals surface area contributed by atoms with Gasteiger partial charge in [-0.25, -0.2) is 9.59 Å². The molecule has 0 aliphatic carbocycles. The van der Waals surface area contributed by atoms with Gasteiger partial charge in [0.15, 0.2) is 0 Å². The number of nitrogens with one attached hydrogen (secondary N) is 1. The van der Waals surface area contributed by atoms with E-state index in [1.54, 1.807) is 16.2 Å². The number of aromatic carboxylic acids is 1. The van der Waals surface area contributed by atoms with E-state index in [9.17, 15) is 9.59 Å². The van der Waals surface area contributed by atoms with Crippen LogP contribution in [0.15, 0.2) is 84.2 Å². The molecule has 2 heterocycles. The standard InChI is InChI=1S/C29H28N2O4S.ClH/c1-19(26-18-36-27-10-6-5-9-24(26)27)30-15-22-16-31(17-25(22)20-7-3-2-4-8-20)29(34)35-23-13-11-21(12-14-23)28(32)33;/h2-14,18-19,22,25,30H,15-17H2,1H3,(H,32,33);1H/t19?,22-,25+;/m0./s1. The lowest BCUT2D eigenvalue weighted by Gasteiger charge is -2.22. The zero-order chi connectivity index (χ0) is 25.1. The van der Waals surface area contributed by atoms with Gasteiger partial charge in [-0.05, 0) is 65.1 Å². The molecule has 37 heavy (non-hydrogen) atoms. The van der Waals surface area contributed by atoms with Crippen LogP contribution in [0.25, 0.3) is 10.1 Å². The van der Waals surface area contributed by atoms with Crippen molar-refractivity contribution in [2.24, 2.45) is 5.92 Å². The number of amides is 1. The van der Waals surface area contributed by atoms with Gasteiger partial charge in [-0.1, -0.05) is 48.5 Å². The van der Waals surface area contributed by atoms with Crippen molar-refractivity contribution in [2.75, 3.05) is 19.6 Å². The highest BCUT2D eigenvalue weighted by Crippen LogP contribution is 2.34. The van der Waals surface area contributed by atoms with E-state index >= 15 is 0 Å². The molecule has 1 amide bonds. The molecule has 0 radical (unpaired) electrons. The van der Waals surface area contributed by atoms with Crippen LogP contribution in [0.1, 0.15) is 40.4 Å². The Bertz CT molecular complexity index is 1360. The number of thiophene rings is 1. The van der Waals surface area contributed by atoms with E-state index in [0.29, 0.717) is 18.8 Å². The van der Waals surface area contributed by atoms with Gasteiger partial charge in [-0.15, -0.1) is 23.7 Å². The summed E-state index contributed by atoms with van der Waals surface area (Å²) in [7, 11) is 0. The Balaban J connectivity index is 0.00000320. The molecule has 8 heteroatoms. The number of nitrogens with zero attached hydrogens (tertiary/aromatic N) is 1. The number of ether oxygens (including phenoxy) is 1. The normalized spacial score (nSPS) is 17.8. The molecule has 1 unspecified atom stereocenters. The van der Waals surface area contributed by atoms with Gasteiger partial charge in [-0.3, -0.25) is 0 Å². The lowest BCUT2D eigenvalue weighted by molar-refractivity contribution is 0.0697. The maximum atomic E-state index is 13.0. The van der Waals surface area contributed by atoms with Crippen molar-refractivity contribution in [1.29, 1.82) is 0 Å². The van der Waals surface area contributed by atoms with Gasteiger partial charge < -0.3 is 20.1 Å². The average molecular weight is 537 g/mol. The zero-order valence-corrected chi connectivity index (χ0v) is 22.0. The smallest absolute Gasteiger partial charge is 0.415 e. The molecular weight excluding hydrogens is 508 g/mol. The highest BCUT2D eigenvalue weighted by atomic mass is 35.5. The quantitative estimate of drug-likeness (QED) is 0.279. The molecule has 1 aromatic heterocycles. The Morgan fingerprint density at radius 3 is 2.46 bits per heavy atom. The lowest BCUT2D eigenvalue weighted by atomic mass is 9.88. The van der Waals surface area contributed by atoms with E-state index in [1.807, 2.05) is 18.2 Å². The van der Waals surface area contributed by atoms with Crippen LogP contribution < -0.4 is 10.1 Å². The van der Waals surface area contributed by atoms with Gasteiger partial charge in [0.1, 0.15) is 5.75 Å². The van der Waals surface area contributed by atoms with Gasteiger partial charge in [-0.2, -0.15) is 0 Å². The average Bonchev–Trinajstić information content (AvgIpc) is 3.53. The monoisotopic (exact) mass is 536 g/mol. The Morgan fingerprint density at radius 1 is 1.03 bits per heavy atom. The van der Waals surface area contributed by atoms with Crippen LogP contribution in [0, 0.1) is 5.92 Å². The second kappa shape index (κ2) is 11.8. The number of carbonyl (C=O) groups excluding carboxylic acids is 1. The highest BCUT2D eigenvalue weighted by molar-refractivity contribution is 7.17. The number of fused-ring (bicyclic) bond motifs is 1. The van der Waals surface area contributed by atoms with Crippen molar-refractivity contribution in [3.63, 3.8) is 0 Å². The maximum absolute atomic E-state index is 13.0. The summed E-state index contributed by atoms with van der Waals surface area (Å²) in [5.74, 6) is -0.271. The van der Waals surface area contributed by atoms with Crippen molar-refractivity contribution >= 4 is 45.9 Å². The molecule has 3 atom stereocenters. The fourth-order valence-corrected chi connectivity index (χ4v) is 5.96. The predicted octanol–water partition coefficient (Wildman–Crippen LogP) is 6.59. The van der Waals surface area contributed by atoms with Gasteiger partial charge in [0.05, 0.1) is 5.56 Å². The number of carboxylic acid groups (broad SMARTS) is 1. The number of rotatable bonds is 7. The van der Waals surface area contributed by atoms with Crippen LogP contribution in [0.3, 0.4) is 0 Å².